The quantitative estimate of drug-likeness (QED) is 0.365. The maximum atomic E-state index is 14.3. The molecule has 7 aliphatic rings. The molecular weight excluding hydrogens is 540 g/mol. The first kappa shape index (κ1) is 30.0. The fraction of sp³-hybridized carbons (Fsp3) is 0.970. The Morgan fingerprint density at radius 3 is 2.45 bits per heavy atom. The summed E-state index contributed by atoms with van der Waals surface area (Å²) in [6.07, 6.45) is 2.04. The number of rotatable bonds is 3. The molecule has 0 bridgehead atoms. The summed E-state index contributed by atoms with van der Waals surface area (Å²) in [6, 6.07) is 0. The van der Waals surface area contributed by atoms with Gasteiger partial charge in [0, 0.05) is 30.1 Å². The standard InChI is InChI=1S/C33H52O9/c1-16-7-10-33(39-15-16)17(2)26-23(42-33)12-22-20-6-5-18-11-19(40-30-29(38)28(37)27(36)24(14-34)41-30)8-9-31(18,3)21(20)13-25(35)32(22,26)4/h16-24,26-30,34,36-38H,5-15H2,1-4H3/t16?,17-,18?,19?,20+,21-,22-,23-,24+,26-,27+,28-,29+,30+,31-,32+,33+/m0/s1. The lowest BCUT2D eigenvalue weighted by atomic mass is 9.44. The first-order valence-corrected chi connectivity index (χ1v) is 16.7. The summed E-state index contributed by atoms with van der Waals surface area (Å²) < 4.78 is 25.1. The molecule has 3 aliphatic heterocycles. The fourth-order valence-electron chi connectivity index (χ4n) is 11.4. The molecule has 238 valence electrons. The summed E-state index contributed by atoms with van der Waals surface area (Å²) in [7, 11) is 0. The molecule has 4 saturated carbocycles. The average Bonchev–Trinajstić information content (AvgIpc) is 3.42. The van der Waals surface area contributed by atoms with E-state index in [0.717, 1.165) is 58.0 Å². The van der Waals surface area contributed by atoms with Crippen molar-refractivity contribution in [3.8, 4) is 0 Å². The van der Waals surface area contributed by atoms with Crippen LogP contribution in [0.3, 0.4) is 0 Å². The average molecular weight is 593 g/mol. The van der Waals surface area contributed by atoms with Crippen molar-refractivity contribution in [2.45, 2.75) is 134 Å². The van der Waals surface area contributed by atoms with Crippen molar-refractivity contribution in [2.24, 2.45) is 52.3 Å². The van der Waals surface area contributed by atoms with Crippen LogP contribution in [0.2, 0.25) is 0 Å². The van der Waals surface area contributed by atoms with E-state index in [1.54, 1.807) is 0 Å². The molecule has 1 spiro atoms. The number of carbonyl (C=O) groups is 1. The highest BCUT2D eigenvalue weighted by molar-refractivity contribution is 5.87. The highest BCUT2D eigenvalue weighted by atomic mass is 16.7. The maximum absolute atomic E-state index is 14.3. The first-order valence-electron chi connectivity index (χ1n) is 16.7. The van der Waals surface area contributed by atoms with Crippen molar-refractivity contribution in [3.63, 3.8) is 0 Å². The van der Waals surface area contributed by atoms with E-state index in [-0.39, 0.29) is 34.9 Å². The number of carbonyl (C=O) groups excluding carboxylic acids is 1. The number of Topliss-reactive ketones (excluding diaryl/α,β-unsaturated/α-hetero) is 1. The number of fused-ring (bicyclic) bond motifs is 7. The van der Waals surface area contributed by atoms with E-state index in [1.807, 2.05) is 0 Å². The highest BCUT2D eigenvalue weighted by Gasteiger charge is 2.71. The van der Waals surface area contributed by atoms with Gasteiger partial charge in [0.05, 0.1) is 25.4 Å². The summed E-state index contributed by atoms with van der Waals surface area (Å²) in [5, 5.41) is 40.4. The SMILES string of the molecule is CC1CC[C@@]2(OC1)O[C@H]1C[C@H]3[C@@H]4CCC5CC(O[C@@H]6O[C@H](CO)[C@@H](O)[C@H](O)[C@H]6O)CC[C@]5(C)[C@H]4CC(=O)[C@]3(C)[C@H]1[C@@H]2C. The summed E-state index contributed by atoms with van der Waals surface area (Å²) in [6.45, 7) is 9.46. The topological polar surface area (TPSA) is 135 Å². The van der Waals surface area contributed by atoms with Gasteiger partial charge in [-0.05, 0) is 80.0 Å². The van der Waals surface area contributed by atoms with Crippen molar-refractivity contribution in [1.29, 1.82) is 0 Å². The second-order valence-electron chi connectivity index (χ2n) is 15.8. The van der Waals surface area contributed by atoms with Crippen molar-refractivity contribution in [3.05, 3.63) is 0 Å². The van der Waals surface area contributed by atoms with E-state index in [4.69, 9.17) is 18.9 Å². The molecule has 42 heavy (non-hydrogen) atoms. The lowest BCUT2D eigenvalue weighted by molar-refractivity contribution is -0.316. The normalized spacial score (nSPS) is 59.2. The number of hydrogen-bond donors (Lipinski definition) is 4. The number of ether oxygens (including phenoxy) is 4. The molecule has 7 fully saturated rings. The van der Waals surface area contributed by atoms with Crippen LogP contribution >= 0.6 is 0 Å². The molecule has 9 heteroatoms. The Morgan fingerprint density at radius 2 is 1.74 bits per heavy atom. The van der Waals surface area contributed by atoms with Crippen LogP contribution in [0.4, 0.5) is 0 Å². The minimum atomic E-state index is -1.44. The molecule has 3 unspecified atom stereocenters. The Labute approximate surface area is 249 Å². The summed E-state index contributed by atoms with van der Waals surface area (Å²) in [4.78, 5) is 14.3. The van der Waals surface area contributed by atoms with Crippen molar-refractivity contribution < 1.29 is 44.2 Å². The van der Waals surface area contributed by atoms with Gasteiger partial charge >= 0.3 is 0 Å². The van der Waals surface area contributed by atoms with Gasteiger partial charge in [0.1, 0.15) is 30.2 Å². The third kappa shape index (κ3) is 4.20. The largest absolute Gasteiger partial charge is 0.394 e. The summed E-state index contributed by atoms with van der Waals surface area (Å²) >= 11 is 0. The zero-order valence-electron chi connectivity index (χ0n) is 25.7. The van der Waals surface area contributed by atoms with Gasteiger partial charge < -0.3 is 39.4 Å². The predicted molar refractivity (Wildman–Crippen MR) is 151 cm³/mol. The molecule has 0 aromatic rings. The van der Waals surface area contributed by atoms with E-state index >= 15 is 0 Å². The van der Waals surface area contributed by atoms with Crippen LogP contribution in [0.5, 0.6) is 0 Å². The van der Waals surface area contributed by atoms with Crippen LogP contribution in [0.25, 0.3) is 0 Å². The molecule has 3 saturated heterocycles. The van der Waals surface area contributed by atoms with E-state index < -0.39 is 43.1 Å². The molecule has 7 rings (SSSR count). The highest BCUT2D eigenvalue weighted by Crippen LogP contribution is 2.70. The van der Waals surface area contributed by atoms with Crippen LogP contribution in [-0.4, -0.2) is 88.1 Å². The third-order valence-corrected chi connectivity index (χ3v) is 13.9. The fourth-order valence-corrected chi connectivity index (χ4v) is 11.4. The van der Waals surface area contributed by atoms with Gasteiger partial charge in [-0.3, -0.25) is 4.79 Å². The molecule has 4 N–H and O–H groups in total. The monoisotopic (exact) mass is 592 g/mol. The molecule has 0 radical (unpaired) electrons. The Hall–Kier alpha value is -0.650. The molecular formula is C33H52O9. The van der Waals surface area contributed by atoms with Gasteiger partial charge in [-0.1, -0.05) is 27.7 Å². The number of aliphatic hydroxyl groups is 4. The van der Waals surface area contributed by atoms with Crippen LogP contribution in [0.1, 0.15) is 85.5 Å². The number of ketones is 1. The maximum Gasteiger partial charge on any atom is 0.186 e. The third-order valence-electron chi connectivity index (χ3n) is 13.9. The van der Waals surface area contributed by atoms with Gasteiger partial charge in [0.15, 0.2) is 12.1 Å². The number of aliphatic hydroxyl groups excluding tert-OH is 4. The smallest absolute Gasteiger partial charge is 0.186 e. The Kier molecular flexibility index (Phi) is 7.47. The van der Waals surface area contributed by atoms with E-state index in [1.165, 1.54) is 0 Å². The number of hydrogen-bond acceptors (Lipinski definition) is 9. The van der Waals surface area contributed by atoms with Crippen molar-refractivity contribution in [1.82, 2.24) is 0 Å². The van der Waals surface area contributed by atoms with Crippen LogP contribution in [0.15, 0.2) is 0 Å². The van der Waals surface area contributed by atoms with Crippen molar-refractivity contribution in [2.75, 3.05) is 13.2 Å². The first-order chi connectivity index (χ1) is 19.9. The van der Waals surface area contributed by atoms with Crippen LogP contribution in [0, 0.1) is 52.3 Å². The summed E-state index contributed by atoms with van der Waals surface area (Å²) in [5.41, 5.74) is -0.309. The van der Waals surface area contributed by atoms with Gasteiger partial charge in [0.25, 0.3) is 0 Å². The van der Waals surface area contributed by atoms with Crippen molar-refractivity contribution >= 4 is 5.78 Å². The lowest BCUT2D eigenvalue weighted by Crippen LogP contribution is -2.60. The minimum Gasteiger partial charge on any atom is -0.394 e. The van der Waals surface area contributed by atoms with Gasteiger partial charge in [0.2, 0.25) is 0 Å². The second-order valence-corrected chi connectivity index (χ2v) is 15.8. The zero-order valence-corrected chi connectivity index (χ0v) is 25.7. The lowest BCUT2D eigenvalue weighted by Gasteiger charge is -2.60. The van der Waals surface area contributed by atoms with Gasteiger partial charge in [-0.25, -0.2) is 0 Å². The van der Waals surface area contributed by atoms with Crippen LogP contribution < -0.4 is 0 Å². The molecule has 17 atom stereocenters. The predicted octanol–water partition coefficient (Wildman–Crippen LogP) is 2.80. The van der Waals surface area contributed by atoms with E-state index in [2.05, 4.69) is 27.7 Å². The Morgan fingerprint density at radius 1 is 0.952 bits per heavy atom. The molecule has 0 aromatic carbocycles. The second kappa shape index (κ2) is 10.4. The molecule has 0 aromatic heterocycles. The van der Waals surface area contributed by atoms with Gasteiger partial charge in [-0.15, -0.1) is 0 Å². The van der Waals surface area contributed by atoms with E-state index in [0.29, 0.717) is 41.8 Å². The molecule has 9 nitrogen and oxygen atoms in total. The van der Waals surface area contributed by atoms with Gasteiger partial charge in [-0.2, -0.15) is 0 Å². The van der Waals surface area contributed by atoms with Crippen LogP contribution in [-0.2, 0) is 23.7 Å². The Bertz CT molecular complexity index is 1040. The van der Waals surface area contributed by atoms with E-state index in [9.17, 15) is 25.2 Å². The molecule has 0 amide bonds. The molecule has 4 aliphatic carbocycles. The minimum absolute atomic E-state index is 0.0448. The molecule has 3 heterocycles. The Balaban J connectivity index is 1.05. The summed E-state index contributed by atoms with van der Waals surface area (Å²) in [5.74, 6) is 2.52. The zero-order chi connectivity index (χ0) is 29.8.